The number of nitrogens with zero attached hydrogens (tertiary/aromatic N) is 1. The fraction of sp³-hybridized carbons (Fsp3) is 0.429. The Hall–Kier alpha value is -1.68. The van der Waals surface area contributed by atoms with Gasteiger partial charge in [-0.3, -0.25) is 4.90 Å². The smallest absolute Gasteiger partial charge is 0.0960 e. The average molecular weight is 322 g/mol. The Kier molecular flexibility index (Phi) is 4.65. The van der Waals surface area contributed by atoms with Crippen molar-refractivity contribution in [3.8, 4) is 0 Å². The van der Waals surface area contributed by atoms with Gasteiger partial charge in [-0.15, -0.1) is 0 Å². The zero-order chi connectivity index (χ0) is 16.2. The van der Waals surface area contributed by atoms with Gasteiger partial charge in [0.25, 0.3) is 0 Å². The Morgan fingerprint density at radius 3 is 2.33 bits per heavy atom. The summed E-state index contributed by atoms with van der Waals surface area (Å²) in [5.74, 6) is 0. The van der Waals surface area contributed by atoms with Gasteiger partial charge < -0.3 is 10.1 Å². The molecular weight excluding hydrogens is 296 g/mol. The van der Waals surface area contributed by atoms with Gasteiger partial charge in [0.05, 0.1) is 11.7 Å². The molecule has 3 nitrogen and oxygen atoms in total. The number of ether oxygens (including phenoxy) is 1. The lowest BCUT2D eigenvalue weighted by molar-refractivity contribution is -0.171. The quantitative estimate of drug-likeness (QED) is 0.937. The van der Waals surface area contributed by atoms with Gasteiger partial charge in [0.15, 0.2) is 0 Å². The third-order valence-electron chi connectivity index (χ3n) is 5.26. The van der Waals surface area contributed by atoms with Gasteiger partial charge in [-0.2, -0.15) is 0 Å². The van der Waals surface area contributed by atoms with Crippen molar-refractivity contribution in [2.24, 2.45) is 0 Å². The first-order valence-corrected chi connectivity index (χ1v) is 9.03. The molecule has 2 aliphatic heterocycles. The Morgan fingerprint density at radius 1 is 0.958 bits per heavy atom. The Balaban J connectivity index is 1.57. The molecule has 1 spiro atoms. The van der Waals surface area contributed by atoms with Crippen LogP contribution < -0.4 is 5.32 Å². The third kappa shape index (κ3) is 3.54. The van der Waals surface area contributed by atoms with Crippen molar-refractivity contribution >= 4 is 0 Å². The zero-order valence-corrected chi connectivity index (χ0v) is 14.2. The molecule has 0 amide bonds. The fourth-order valence-electron chi connectivity index (χ4n) is 4.04. The van der Waals surface area contributed by atoms with E-state index < -0.39 is 0 Å². The summed E-state index contributed by atoms with van der Waals surface area (Å²) in [5.41, 5.74) is 2.68. The summed E-state index contributed by atoms with van der Waals surface area (Å²) in [6.07, 6.45) is 2.37. The van der Waals surface area contributed by atoms with Crippen LogP contribution in [-0.4, -0.2) is 36.7 Å². The monoisotopic (exact) mass is 322 g/mol. The number of nitrogens with one attached hydrogen (secondary N) is 1. The highest BCUT2D eigenvalue weighted by Crippen LogP contribution is 2.36. The summed E-state index contributed by atoms with van der Waals surface area (Å²) in [7, 11) is 0. The molecule has 1 N–H and O–H groups in total. The molecule has 24 heavy (non-hydrogen) atoms. The number of hydrogen-bond donors (Lipinski definition) is 1. The molecule has 0 saturated carbocycles. The molecule has 2 fully saturated rings. The average Bonchev–Trinajstić information content (AvgIpc) is 2.63. The van der Waals surface area contributed by atoms with Crippen LogP contribution in [0, 0.1) is 0 Å². The second-order valence-electron chi connectivity index (χ2n) is 7.11. The van der Waals surface area contributed by atoms with Gasteiger partial charge in [0.1, 0.15) is 0 Å². The molecule has 2 heterocycles. The van der Waals surface area contributed by atoms with Crippen LogP contribution in [0.15, 0.2) is 60.7 Å². The molecule has 0 unspecified atom stereocenters. The molecule has 126 valence electrons. The Morgan fingerprint density at radius 2 is 1.62 bits per heavy atom. The van der Waals surface area contributed by atoms with E-state index in [2.05, 4.69) is 70.9 Å². The van der Waals surface area contributed by atoms with E-state index in [0.29, 0.717) is 0 Å². The SMILES string of the molecule is c1ccc(CN2C[C@@H](c3ccccc3)OC3(CCNCC3)C2)cc1. The van der Waals surface area contributed by atoms with Crippen LogP contribution in [0.25, 0.3) is 0 Å². The van der Waals surface area contributed by atoms with E-state index in [4.69, 9.17) is 4.74 Å². The second-order valence-corrected chi connectivity index (χ2v) is 7.11. The van der Waals surface area contributed by atoms with E-state index in [1.165, 1.54) is 11.1 Å². The van der Waals surface area contributed by atoms with Gasteiger partial charge in [-0.05, 0) is 37.1 Å². The first-order chi connectivity index (χ1) is 11.8. The Bertz CT molecular complexity index is 637. The van der Waals surface area contributed by atoms with Gasteiger partial charge in [0, 0.05) is 19.6 Å². The van der Waals surface area contributed by atoms with Crippen molar-refractivity contribution in [1.29, 1.82) is 0 Å². The van der Waals surface area contributed by atoms with Gasteiger partial charge >= 0.3 is 0 Å². The molecular formula is C21H26N2O. The highest BCUT2D eigenvalue weighted by Gasteiger charge is 2.41. The summed E-state index contributed by atoms with van der Waals surface area (Å²) >= 11 is 0. The van der Waals surface area contributed by atoms with Crippen molar-refractivity contribution in [2.45, 2.75) is 31.1 Å². The molecule has 4 rings (SSSR count). The molecule has 2 saturated heterocycles. The van der Waals surface area contributed by atoms with Gasteiger partial charge in [0.2, 0.25) is 0 Å². The van der Waals surface area contributed by atoms with Crippen molar-refractivity contribution in [2.75, 3.05) is 26.2 Å². The minimum absolute atomic E-state index is 0.00120. The lowest BCUT2D eigenvalue weighted by atomic mass is 9.88. The van der Waals surface area contributed by atoms with Crippen LogP contribution in [-0.2, 0) is 11.3 Å². The molecule has 0 radical (unpaired) electrons. The highest BCUT2D eigenvalue weighted by atomic mass is 16.5. The lowest BCUT2D eigenvalue weighted by Crippen LogP contribution is -2.56. The summed E-state index contributed by atoms with van der Waals surface area (Å²) in [4.78, 5) is 2.59. The first-order valence-electron chi connectivity index (χ1n) is 9.03. The van der Waals surface area contributed by atoms with Crippen LogP contribution in [0.3, 0.4) is 0 Å². The van der Waals surface area contributed by atoms with Crippen LogP contribution >= 0.6 is 0 Å². The van der Waals surface area contributed by atoms with E-state index in [0.717, 1.165) is 45.6 Å². The lowest BCUT2D eigenvalue weighted by Gasteiger charge is -2.48. The van der Waals surface area contributed by atoms with Gasteiger partial charge in [-0.25, -0.2) is 0 Å². The largest absolute Gasteiger partial charge is 0.364 e. The minimum Gasteiger partial charge on any atom is -0.364 e. The molecule has 2 aliphatic rings. The molecule has 2 aromatic carbocycles. The summed E-state index contributed by atoms with van der Waals surface area (Å²) < 4.78 is 6.69. The highest BCUT2D eigenvalue weighted by molar-refractivity contribution is 5.20. The molecule has 0 bridgehead atoms. The standard InChI is InChI=1S/C21H26N2O/c1-3-7-18(8-4-1)15-23-16-20(19-9-5-2-6-10-19)24-21(17-23)11-13-22-14-12-21/h1-10,20,22H,11-17H2/t20-/m0/s1. The van der Waals surface area contributed by atoms with Gasteiger partial charge in [-0.1, -0.05) is 60.7 Å². The minimum atomic E-state index is -0.00120. The van der Waals surface area contributed by atoms with Crippen molar-refractivity contribution in [1.82, 2.24) is 10.2 Å². The first kappa shape index (κ1) is 15.8. The summed E-state index contributed by atoms with van der Waals surface area (Å²) in [5, 5.41) is 3.48. The zero-order valence-electron chi connectivity index (χ0n) is 14.2. The predicted octanol–water partition coefficient (Wildman–Crippen LogP) is 3.38. The fourth-order valence-corrected chi connectivity index (χ4v) is 4.04. The Labute approximate surface area is 144 Å². The van der Waals surface area contributed by atoms with Crippen molar-refractivity contribution < 1.29 is 4.74 Å². The number of rotatable bonds is 3. The second kappa shape index (κ2) is 7.06. The molecule has 3 heteroatoms. The van der Waals surface area contributed by atoms with Crippen LogP contribution in [0.4, 0.5) is 0 Å². The molecule has 0 aliphatic carbocycles. The number of benzene rings is 2. The van der Waals surface area contributed by atoms with E-state index in [1.807, 2.05) is 0 Å². The third-order valence-corrected chi connectivity index (χ3v) is 5.26. The van der Waals surface area contributed by atoms with Crippen LogP contribution in [0.1, 0.15) is 30.1 Å². The van der Waals surface area contributed by atoms with Crippen LogP contribution in [0.2, 0.25) is 0 Å². The normalized spacial score (nSPS) is 24.1. The topological polar surface area (TPSA) is 24.5 Å². The molecule has 2 aromatic rings. The number of hydrogen-bond acceptors (Lipinski definition) is 3. The maximum absolute atomic E-state index is 6.69. The van der Waals surface area contributed by atoms with Crippen LogP contribution in [0.5, 0.6) is 0 Å². The van der Waals surface area contributed by atoms with Crippen molar-refractivity contribution in [3.05, 3.63) is 71.8 Å². The van der Waals surface area contributed by atoms with E-state index in [-0.39, 0.29) is 11.7 Å². The maximum Gasteiger partial charge on any atom is 0.0960 e. The summed E-state index contributed by atoms with van der Waals surface area (Å²) in [6.45, 7) is 5.12. The predicted molar refractivity (Wildman–Crippen MR) is 96.8 cm³/mol. The molecule has 0 aromatic heterocycles. The van der Waals surface area contributed by atoms with E-state index in [9.17, 15) is 0 Å². The summed E-state index contributed by atoms with van der Waals surface area (Å²) in [6, 6.07) is 21.5. The van der Waals surface area contributed by atoms with Crippen molar-refractivity contribution in [3.63, 3.8) is 0 Å². The molecule has 1 atom stereocenters. The van der Waals surface area contributed by atoms with E-state index in [1.54, 1.807) is 0 Å². The number of morpholine rings is 1. The maximum atomic E-state index is 6.69. The van der Waals surface area contributed by atoms with E-state index >= 15 is 0 Å². The number of piperidine rings is 1.